The second-order valence-electron chi connectivity index (χ2n) is 7.04. The summed E-state index contributed by atoms with van der Waals surface area (Å²) < 4.78 is 0. The molecule has 3 unspecified atom stereocenters. The summed E-state index contributed by atoms with van der Waals surface area (Å²) in [6.45, 7) is 8.72. The van der Waals surface area contributed by atoms with Gasteiger partial charge in [-0.25, -0.2) is 0 Å². The first-order valence-corrected chi connectivity index (χ1v) is 8.49. The summed E-state index contributed by atoms with van der Waals surface area (Å²) in [6, 6.07) is 0. The van der Waals surface area contributed by atoms with Crippen molar-refractivity contribution in [2.24, 2.45) is 17.8 Å². The maximum atomic E-state index is 12.0. The Morgan fingerprint density at radius 2 is 1.52 bits per heavy atom. The van der Waals surface area contributed by atoms with E-state index in [1.807, 2.05) is 0 Å². The van der Waals surface area contributed by atoms with Gasteiger partial charge in [0.05, 0.1) is 0 Å². The third kappa shape index (κ3) is 3.38. The van der Waals surface area contributed by atoms with E-state index in [9.17, 15) is 9.59 Å². The van der Waals surface area contributed by atoms with Gasteiger partial charge in [-0.3, -0.25) is 14.5 Å². The molecule has 1 heterocycles. The summed E-state index contributed by atoms with van der Waals surface area (Å²) in [5.74, 6) is 2.33. The number of hydrogen-bond acceptors (Lipinski definition) is 2. The first-order chi connectivity index (χ1) is 9.95. The van der Waals surface area contributed by atoms with E-state index in [0.29, 0.717) is 17.7 Å². The number of carbonyl (C=O) groups excluding carboxylic acids is 2. The van der Waals surface area contributed by atoms with Crippen LogP contribution in [0.15, 0.2) is 11.1 Å². The normalized spacial score (nSPS) is 29.9. The molecule has 0 saturated heterocycles. The molecule has 0 aromatic carbocycles. The van der Waals surface area contributed by atoms with Crippen LogP contribution in [-0.2, 0) is 9.59 Å². The van der Waals surface area contributed by atoms with Crippen molar-refractivity contribution in [3.63, 3.8) is 0 Å². The van der Waals surface area contributed by atoms with Crippen LogP contribution in [0.2, 0.25) is 0 Å². The van der Waals surface area contributed by atoms with Gasteiger partial charge in [-0.2, -0.15) is 0 Å². The molecule has 3 nitrogen and oxygen atoms in total. The van der Waals surface area contributed by atoms with Gasteiger partial charge < -0.3 is 0 Å². The Kier molecular flexibility index (Phi) is 5.23. The van der Waals surface area contributed by atoms with Crippen molar-refractivity contribution < 1.29 is 9.59 Å². The molecule has 1 aliphatic carbocycles. The standard InChI is InChI=1S/C18H29NO2/c1-5-7-15-10-12(2)11-16(15)8-6-9-19-17(20)13(3)14(4)18(19)21/h12,15-16H,5-11H2,1-4H3. The van der Waals surface area contributed by atoms with E-state index in [4.69, 9.17) is 0 Å². The third-order valence-electron chi connectivity index (χ3n) is 5.39. The molecule has 2 rings (SSSR count). The van der Waals surface area contributed by atoms with Gasteiger partial charge >= 0.3 is 0 Å². The predicted octanol–water partition coefficient (Wildman–Crippen LogP) is 3.93. The summed E-state index contributed by atoms with van der Waals surface area (Å²) in [5, 5.41) is 0. The number of amides is 2. The molecular formula is C18H29NO2. The van der Waals surface area contributed by atoms with Gasteiger partial charge in [0.1, 0.15) is 0 Å². The summed E-state index contributed by atoms with van der Waals surface area (Å²) in [4.78, 5) is 25.5. The lowest BCUT2D eigenvalue weighted by atomic mass is 9.88. The molecular weight excluding hydrogens is 262 g/mol. The average Bonchev–Trinajstić information content (AvgIpc) is 2.88. The lowest BCUT2D eigenvalue weighted by Gasteiger charge is -2.20. The van der Waals surface area contributed by atoms with E-state index in [0.717, 1.165) is 30.6 Å². The van der Waals surface area contributed by atoms with E-state index in [1.165, 1.54) is 30.6 Å². The van der Waals surface area contributed by atoms with Crippen LogP contribution >= 0.6 is 0 Å². The van der Waals surface area contributed by atoms with Crippen molar-refractivity contribution in [1.82, 2.24) is 4.90 Å². The fraction of sp³-hybridized carbons (Fsp3) is 0.778. The second-order valence-corrected chi connectivity index (χ2v) is 7.04. The first kappa shape index (κ1) is 16.3. The molecule has 1 saturated carbocycles. The highest BCUT2D eigenvalue weighted by Crippen LogP contribution is 2.41. The van der Waals surface area contributed by atoms with E-state index in [1.54, 1.807) is 13.8 Å². The van der Waals surface area contributed by atoms with Crippen LogP contribution in [0.25, 0.3) is 0 Å². The Morgan fingerprint density at radius 3 is 2.05 bits per heavy atom. The average molecular weight is 291 g/mol. The quantitative estimate of drug-likeness (QED) is 0.695. The molecule has 3 atom stereocenters. The van der Waals surface area contributed by atoms with Crippen LogP contribution in [0.4, 0.5) is 0 Å². The summed E-state index contributed by atoms with van der Waals surface area (Å²) in [7, 11) is 0. The summed E-state index contributed by atoms with van der Waals surface area (Å²) in [5.41, 5.74) is 1.25. The fourth-order valence-electron chi connectivity index (χ4n) is 4.13. The van der Waals surface area contributed by atoms with Crippen LogP contribution in [0, 0.1) is 17.8 Å². The van der Waals surface area contributed by atoms with Gasteiger partial charge in [-0.1, -0.05) is 26.7 Å². The molecule has 0 aromatic heterocycles. The van der Waals surface area contributed by atoms with Crippen molar-refractivity contribution in [3.05, 3.63) is 11.1 Å². The van der Waals surface area contributed by atoms with Gasteiger partial charge in [-0.05, 0) is 57.3 Å². The highest BCUT2D eigenvalue weighted by molar-refractivity contribution is 6.18. The molecule has 0 radical (unpaired) electrons. The van der Waals surface area contributed by atoms with Gasteiger partial charge in [0, 0.05) is 17.7 Å². The number of nitrogens with zero attached hydrogens (tertiary/aromatic N) is 1. The van der Waals surface area contributed by atoms with Crippen LogP contribution in [0.3, 0.4) is 0 Å². The molecule has 21 heavy (non-hydrogen) atoms. The number of hydrogen-bond donors (Lipinski definition) is 0. The number of imide groups is 1. The highest BCUT2D eigenvalue weighted by atomic mass is 16.2. The molecule has 118 valence electrons. The Balaban J connectivity index is 1.82. The van der Waals surface area contributed by atoms with Crippen LogP contribution in [0.1, 0.15) is 66.2 Å². The zero-order valence-corrected chi connectivity index (χ0v) is 13.9. The maximum Gasteiger partial charge on any atom is 0.256 e. The van der Waals surface area contributed by atoms with Gasteiger partial charge in [0.25, 0.3) is 11.8 Å². The molecule has 1 fully saturated rings. The highest BCUT2D eigenvalue weighted by Gasteiger charge is 2.34. The predicted molar refractivity (Wildman–Crippen MR) is 84.6 cm³/mol. The number of carbonyl (C=O) groups is 2. The molecule has 3 heteroatoms. The summed E-state index contributed by atoms with van der Waals surface area (Å²) >= 11 is 0. The van der Waals surface area contributed by atoms with Gasteiger partial charge in [-0.15, -0.1) is 0 Å². The van der Waals surface area contributed by atoms with Crippen LogP contribution in [0.5, 0.6) is 0 Å². The van der Waals surface area contributed by atoms with Crippen molar-refractivity contribution in [3.8, 4) is 0 Å². The fourth-order valence-corrected chi connectivity index (χ4v) is 4.13. The SMILES string of the molecule is CCCC1CC(C)CC1CCCN1C(=O)C(C)=C(C)C1=O. The third-order valence-corrected chi connectivity index (χ3v) is 5.39. The smallest absolute Gasteiger partial charge is 0.256 e. The van der Waals surface area contributed by atoms with Crippen molar-refractivity contribution in [2.75, 3.05) is 6.54 Å². The second kappa shape index (κ2) is 6.76. The Hall–Kier alpha value is -1.12. The minimum Gasteiger partial charge on any atom is -0.275 e. The van der Waals surface area contributed by atoms with Crippen molar-refractivity contribution >= 4 is 11.8 Å². The first-order valence-electron chi connectivity index (χ1n) is 8.49. The number of rotatable bonds is 6. The van der Waals surface area contributed by atoms with Gasteiger partial charge in [0.15, 0.2) is 0 Å². The topological polar surface area (TPSA) is 37.4 Å². The van der Waals surface area contributed by atoms with E-state index < -0.39 is 0 Å². The van der Waals surface area contributed by atoms with Crippen molar-refractivity contribution in [2.45, 2.75) is 66.2 Å². The zero-order chi connectivity index (χ0) is 15.6. The largest absolute Gasteiger partial charge is 0.275 e. The van der Waals surface area contributed by atoms with E-state index in [-0.39, 0.29) is 11.8 Å². The maximum absolute atomic E-state index is 12.0. The molecule has 0 spiro atoms. The molecule has 2 aliphatic rings. The lowest BCUT2D eigenvalue weighted by molar-refractivity contribution is -0.137. The Morgan fingerprint density at radius 1 is 1.00 bits per heavy atom. The monoisotopic (exact) mass is 291 g/mol. The molecule has 0 aromatic rings. The van der Waals surface area contributed by atoms with Crippen LogP contribution < -0.4 is 0 Å². The Labute approximate surface area is 128 Å². The summed E-state index contributed by atoms with van der Waals surface area (Å²) in [6.07, 6.45) is 7.39. The Bertz CT molecular complexity index is 428. The van der Waals surface area contributed by atoms with E-state index in [2.05, 4.69) is 13.8 Å². The minimum atomic E-state index is -0.0811. The van der Waals surface area contributed by atoms with Crippen molar-refractivity contribution in [1.29, 1.82) is 0 Å². The molecule has 2 amide bonds. The molecule has 0 bridgehead atoms. The minimum absolute atomic E-state index is 0.0811. The van der Waals surface area contributed by atoms with Crippen LogP contribution in [-0.4, -0.2) is 23.3 Å². The van der Waals surface area contributed by atoms with E-state index >= 15 is 0 Å². The zero-order valence-electron chi connectivity index (χ0n) is 13.9. The van der Waals surface area contributed by atoms with Gasteiger partial charge in [0.2, 0.25) is 0 Å². The lowest BCUT2D eigenvalue weighted by Crippen LogP contribution is -2.32. The molecule has 1 aliphatic heterocycles. The molecule has 0 N–H and O–H groups in total.